The Morgan fingerprint density at radius 2 is 1.93 bits per heavy atom. The van der Waals surface area contributed by atoms with Gasteiger partial charge in [0.2, 0.25) is 0 Å². The molecule has 1 aromatic carbocycles. The van der Waals surface area contributed by atoms with Crippen LogP contribution in [0.15, 0.2) is 12.1 Å². The molecule has 84 valence electrons. The molecular formula is C13H19ClO. The molecule has 0 saturated carbocycles. The Morgan fingerprint density at radius 3 is 2.47 bits per heavy atom. The van der Waals surface area contributed by atoms with Crippen molar-refractivity contribution < 1.29 is 4.74 Å². The first-order valence-electron chi connectivity index (χ1n) is 5.31. The van der Waals surface area contributed by atoms with Crippen molar-refractivity contribution in [3.63, 3.8) is 0 Å². The summed E-state index contributed by atoms with van der Waals surface area (Å²) < 4.78 is 5.29. The van der Waals surface area contributed by atoms with E-state index in [2.05, 4.69) is 26.8 Å². The smallest absolute Gasteiger partial charge is 0.122 e. The average molecular weight is 227 g/mol. The van der Waals surface area contributed by atoms with Crippen molar-refractivity contribution in [3.8, 4) is 5.75 Å². The molecule has 2 heteroatoms. The van der Waals surface area contributed by atoms with Crippen LogP contribution in [-0.2, 0) is 0 Å². The van der Waals surface area contributed by atoms with E-state index in [0.717, 1.165) is 12.2 Å². The zero-order valence-corrected chi connectivity index (χ0v) is 10.7. The predicted octanol–water partition coefficient (Wildman–Crippen LogP) is 4.04. The average Bonchev–Trinajstić information content (AvgIpc) is 2.22. The molecule has 0 radical (unpaired) electrons. The van der Waals surface area contributed by atoms with Gasteiger partial charge in [-0.3, -0.25) is 0 Å². The van der Waals surface area contributed by atoms with Crippen LogP contribution >= 0.6 is 11.6 Å². The number of hydrogen-bond acceptors (Lipinski definition) is 1. The lowest BCUT2D eigenvalue weighted by molar-refractivity contribution is 0.411. The summed E-state index contributed by atoms with van der Waals surface area (Å²) >= 11 is 5.77. The highest BCUT2D eigenvalue weighted by atomic mass is 35.5. The van der Waals surface area contributed by atoms with E-state index in [0.29, 0.717) is 11.8 Å². The maximum atomic E-state index is 5.77. The van der Waals surface area contributed by atoms with E-state index in [1.54, 1.807) is 7.11 Å². The standard InChI is InChI=1S/C13H19ClO/c1-9(7-8-14)12-5-6-13(15-4)11(3)10(12)2/h5-6,9H,7-8H2,1-4H3. The molecule has 1 rings (SSSR count). The molecular weight excluding hydrogens is 208 g/mol. The normalized spacial score (nSPS) is 12.6. The summed E-state index contributed by atoms with van der Waals surface area (Å²) in [5.41, 5.74) is 3.94. The lowest BCUT2D eigenvalue weighted by Crippen LogP contribution is -2.00. The van der Waals surface area contributed by atoms with Crippen LogP contribution in [0.25, 0.3) is 0 Å². The lowest BCUT2D eigenvalue weighted by Gasteiger charge is -2.17. The van der Waals surface area contributed by atoms with Gasteiger partial charge in [0.25, 0.3) is 0 Å². The van der Waals surface area contributed by atoms with E-state index in [4.69, 9.17) is 16.3 Å². The van der Waals surface area contributed by atoms with Gasteiger partial charge in [0.05, 0.1) is 7.11 Å². The Labute approximate surface area is 97.4 Å². The molecule has 15 heavy (non-hydrogen) atoms. The minimum atomic E-state index is 0.520. The number of alkyl halides is 1. The minimum Gasteiger partial charge on any atom is -0.496 e. The maximum absolute atomic E-state index is 5.77. The van der Waals surface area contributed by atoms with Crippen LogP contribution < -0.4 is 4.74 Å². The van der Waals surface area contributed by atoms with E-state index >= 15 is 0 Å². The van der Waals surface area contributed by atoms with E-state index in [9.17, 15) is 0 Å². The topological polar surface area (TPSA) is 9.23 Å². The molecule has 1 unspecified atom stereocenters. The molecule has 0 N–H and O–H groups in total. The molecule has 0 fully saturated rings. The third-order valence-corrected chi connectivity index (χ3v) is 3.29. The van der Waals surface area contributed by atoms with Gasteiger partial charge in [-0.05, 0) is 48.9 Å². The summed E-state index contributed by atoms with van der Waals surface area (Å²) in [7, 11) is 1.71. The van der Waals surface area contributed by atoms with Gasteiger partial charge in [0.15, 0.2) is 0 Å². The monoisotopic (exact) mass is 226 g/mol. The molecule has 0 saturated heterocycles. The van der Waals surface area contributed by atoms with Crippen LogP contribution in [-0.4, -0.2) is 13.0 Å². The van der Waals surface area contributed by atoms with Gasteiger partial charge in [-0.1, -0.05) is 13.0 Å². The van der Waals surface area contributed by atoms with Gasteiger partial charge >= 0.3 is 0 Å². The van der Waals surface area contributed by atoms with Gasteiger partial charge in [-0.25, -0.2) is 0 Å². The Bertz CT molecular complexity index is 334. The molecule has 0 spiro atoms. The fourth-order valence-electron chi connectivity index (χ4n) is 1.89. The number of ether oxygens (including phenoxy) is 1. The molecule has 0 aliphatic carbocycles. The largest absolute Gasteiger partial charge is 0.496 e. The van der Waals surface area contributed by atoms with Crippen LogP contribution in [0.3, 0.4) is 0 Å². The van der Waals surface area contributed by atoms with Crippen molar-refractivity contribution in [1.82, 2.24) is 0 Å². The Hall–Kier alpha value is -0.690. The minimum absolute atomic E-state index is 0.520. The SMILES string of the molecule is COc1ccc(C(C)CCCl)c(C)c1C. The van der Waals surface area contributed by atoms with Crippen molar-refractivity contribution in [2.24, 2.45) is 0 Å². The zero-order chi connectivity index (χ0) is 11.4. The summed E-state index contributed by atoms with van der Waals surface area (Å²) in [6.07, 6.45) is 1.02. The van der Waals surface area contributed by atoms with Gasteiger partial charge in [-0.15, -0.1) is 11.6 Å². The molecule has 0 bridgehead atoms. The maximum Gasteiger partial charge on any atom is 0.122 e. The number of rotatable bonds is 4. The van der Waals surface area contributed by atoms with E-state index < -0.39 is 0 Å². The first kappa shape index (κ1) is 12.4. The summed E-state index contributed by atoms with van der Waals surface area (Å²) in [5.74, 6) is 2.20. The molecule has 1 aromatic rings. The fourth-order valence-corrected chi connectivity index (χ4v) is 2.22. The van der Waals surface area contributed by atoms with Crippen LogP contribution in [0.2, 0.25) is 0 Å². The molecule has 0 aliphatic rings. The Balaban J connectivity index is 3.06. The highest BCUT2D eigenvalue weighted by Gasteiger charge is 2.11. The van der Waals surface area contributed by atoms with Crippen molar-refractivity contribution >= 4 is 11.6 Å². The zero-order valence-electron chi connectivity index (χ0n) is 9.93. The van der Waals surface area contributed by atoms with Crippen molar-refractivity contribution in [2.75, 3.05) is 13.0 Å². The first-order chi connectivity index (χ1) is 7.11. The summed E-state index contributed by atoms with van der Waals surface area (Å²) in [4.78, 5) is 0. The van der Waals surface area contributed by atoms with Gasteiger partial charge in [-0.2, -0.15) is 0 Å². The highest BCUT2D eigenvalue weighted by Crippen LogP contribution is 2.30. The van der Waals surface area contributed by atoms with Crippen molar-refractivity contribution in [3.05, 3.63) is 28.8 Å². The van der Waals surface area contributed by atoms with E-state index in [1.807, 2.05) is 6.07 Å². The second-order valence-electron chi connectivity index (χ2n) is 3.99. The van der Waals surface area contributed by atoms with Crippen molar-refractivity contribution in [1.29, 1.82) is 0 Å². The molecule has 0 amide bonds. The molecule has 0 aliphatic heterocycles. The third-order valence-electron chi connectivity index (χ3n) is 3.07. The van der Waals surface area contributed by atoms with E-state index in [-0.39, 0.29) is 0 Å². The highest BCUT2D eigenvalue weighted by molar-refractivity contribution is 6.17. The number of benzene rings is 1. The van der Waals surface area contributed by atoms with Gasteiger partial charge < -0.3 is 4.74 Å². The first-order valence-corrected chi connectivity index (χ1v) is 5.85. The van der Waals surface area contributed by atoms with E-state index in [1.165, 1.54) is 16.7 Å². The quantitative estimate of drug-likeness (QED) is 0.704. The van der Waals surface area contributed by atoms with Crippen molar-refractivity contribution in [2.45, 2.75) is 33.1 Å². The molecule has 0 aromatic heterocycles. The molecule has 1 atom stereocenters. The number of hydrogen-bond donors (Lipinski definition) is 0. The summed E-state index contributed by atoms with van der Waals surface area (Å²) in [6, 6.07) is 4.20. The second kappa shape index (κ2) is 5.41. The molecule has 1 nitrogen and oxygen atoms in total. The van der Waals surface area contributed by atoms with Crippen LogP contribution in [0, 0.1) is 13.8 Å². The second-order valence-corrected chi connectivity index (χ2v) is 4.36. The number of halogens is 1. The Morgan fingerprint density at radius 1 is 1.27 bits per heavy atom. The fraction of sp³-hybridized carbons (Fsp3) is 0.538. The molecule has 0 heterocycles. The summed E-state index contributed by atoms with van der Waals surface area (Å²) in [6.45, 7) is 6.47. The predicted molar refractivity (Wildman–Crippen MR) is 66.2 cm³/mol. The Kier molecular flexibility index (Phi) is 4.46. The van der Waals surface area contributed by atoms with Crippen LogP contribution in [0.4, 0.5) is 0 Å². The van der Waals surface area contributed by atoms with Crippen LogP contribution in [0.5, 0.6) is 5.75 Å². The van der Waals surface area contributed by atoms with Gasteiger partial charge in [0.1, 0.15) is 5.75 Å². The lowest BCUT2D eigenvalue weighted by atomic mass is 9.91. The third kappa shape index (κ3) is 2.66. The number of methoxy groups -OCH3 is 1. The summed E-state index contributed by atoms with van der Waals surface area (Å²) in [5, 5.41) is 0. The van der Waals surface area contributed by atoms with Gasteiger partial charge in [0, 0.05) is 5.88 Å². The van der Waals surface area contributed by atoms with Crippen LogP contribution in [0.1, 0.15) is 36.0 Å².